The zero-order valence-electron chi connectivity index (χ0n) is 6.59. The first-order chi connectivity index (χ1) is 4.75. The third-order valence-corrected chi connectivity index (χ3v) is 2.13. The molecule has 1 aliphatic rings. The van der Waals surface area contributed by atoms with Gasteiger partial charge in [0.25, 0.3) is 0 Å². The minimum absolute atomic E-state index is 0.185. The van der Waals surface area contributed by atoms with Gasteiger partial charge in [0, 0.05) is 12.5 Å². The Bertz CT molecular complexity index is 131. The average molecular weight is 142 g/mol. The fourth-order valence-corrected chi connectivity index (χ4v) is 1.52. The molecule has 0 amide bonds. The smallest absolute Gasteiger partial charge is 0.135 e. The van der Waals surface area contributed by atoms with Crippen LogP contribution in [0.25, 0.3) is 0 Å². The van der Waals surface area contributed by atoms with Gasteiger partial charge in [-0.15, -0.1) is 0 Å². The number of ether oxygens (including phenoxy) is 1. The Morgan fingerprint density at radius 3 is 2.80 bits per heavy atom. The highest BCUT2D eigenvalue weighted by atomic mass is 16.5. The predicted molar refractivity (Wildman–Crippen MR) is 38.8 cm³/mol. The van der Waals surface area contributed by atoms with Crippen molar-refractivity contribution in [2.24, 2.45) is 5.92 Å². The average Bonchev–Trinajstić information content (AvgIpc) is 2.33. The lowest BCUT2D eigenvalue weighted by Gasteiger charge is -2.12. The largest absolute Gasteiger partial charge is 0.377 e. The Labute approximate surface area is 61.6 Å². The number of carbonyl (C=O) groups is 1. The molecule has 58 valence electrons. The van der Waals surface area contributed by atoms with Gasteiger partial charge in [0.2, 0.25) is 0 Å². The second-order valence-electron chi connectivity index (χ2n) is 2.82. The van der Waals surface area contributed by atoms with Gasteiger partial charge >= 0.3 is 0 Å². The van der Waals surface area contributed by atoms with E-state index in [4.69, 9.17) is 4.74 Å². The summed E-state index contributed by atoms with van der Waals surface area (Å²) in [5.74, 6) is 0.467. The van der Waals surface area contributed by atoms with E-state index in [1.807, 2.05) is 0 Å². The maximum Gasteiger partial charge on any atom is 0.135 e. The van der Waals surface area contributed by atoms with Crippen LogP contribution in [0.1, 0.15) is 26.7 Å². The summed E-state index contributed by atoms with van der Waals surface area (Å²) >= 11 is 0. The highest BCUT2D eigenvalue weighted by Crippen LogP contribution is 2.23. The van der Waals surface area contributed by atoms with Gasteiger partial charge < -0.3 is 4.74 Å². The van der Waals surface area contributed by atoms with Gasteiger partial charge in [-0.05, 0) is 19.8 Å². The van der Waals surface area contributed by atoms with Crippen LogP contribution in [0.5, 0.6) is 0 Å². The molecule has 0 aromatic carbocycles. The number of carbonyl (C=O) groups excluding carboxylic acids is 1. The Morgan fingerprint density at radius 1 is 1.70 bits per heavy atom. The Hall–Kier alpha value is -0.370. The lowest BCUT2D eigenvalue weighted by Crippen LogP contribution is -2.21. The molecule has 1 rings (SSSR count). The highest BCUT2D eigenvalue weighted by Gasteiger charge is 2.29. The Kier molecular flexibility index (Phi) is 2.44. The lowest BCUT2D eigenvalue weighted by molar-refractivity contribution is -0.122. The van der Waals surface area contributed by atoms with Crippen molar-refractivity contribution >= 4 is 5.78 Å². The standard InChI is InChI=1S/C8H14O2/c1-3-8-7(6(2)9)4-5-10-8/h7-8H,3-5H2,1-2H3. The summed E-state index contributed by atoms with van der Waals surface area (Å²) in [5, 5.41) is 0. The van der Waals surface area contributed by atoms with E-state index in [2.05, 4.69) is 6.92 Å². The summed E-state index contributed by atoms with van der Waals surface area (Å²) < 4.78 is 5.36. The molecule has 1 saturated heterocycles. The third kappa shape index (κ3) is 1.37. The first kappa shape index (κ1) is 7.73. The van der Waals surface area contributed by atoms with Crippen LogP contribution in [0, 0.1) is 5.92 Å². The van der Waals surface area contributed by atoms with E-state index in [1.54, 1.807) is 6.92 Å². The molecule has 0 radical (unpaired) electrons. The van der Waals surface area contributed by atoms with Crippen LogP contribution < -0.4 is 0 Å². The predicted octanol–water partition coefficient (Wildman–Crippen LogP) is 1.39. The molecule has 0 bridgehead atoms. The molecule has 10 heavy (non-hydrogen) atoms. The third-order valence-electron chi connectivity index (χ3n) is 2.13. The van der Waals surface area contributed by atoms with E-state index < -0.39 is 0 Å². The normalized spacial score (nSPS) is 32.6. The second-order valence-corrected chi connectivity index (χ2v) is 2.82. The molecule has 0 spiro atoms. The highest BCUT2D eigenvalue weighted by molar-refractivity contribution is 5.79. The molecule has 0 N–H and O–H groups in total. The lowest BCUT2D eigenvalue weighted by atomic mass is 9.96. The first-order valence-corrected chi connectivity index (χ1v) is 3.87. The van der Waals surface area contributed by atoms with Crippen LogP contribution in [0.3, 0.4) is 0 Å². The summed E-state index contributed by atoms with van der Waals surface area (Å²) in [6, 6.07) is 0. The maximum atomic E-state index is 10.9. The number of rotatable bonds is 2. The van der Waals surface area contributed by atoms with Crippen LogP contribution in [-0.4, -0.2) is 18.5 Å². The van der Waals surface area contributed by atoms with Crippen LogP contribution in [-0.2, 0) is 9.53 Å². The van der Waals surface area contributed by atoms with Gasteiger partial charge in [-0.3, -0.25) is 4.79 Å². The first-order valence-electron chi connectivity index (χ1n) is 3.87. The molecule has 0 aromatic rings. The number of hydrogen-bond acceptors (Lipinski definition) is 2. The van der Waals surface area contributed by atoms with Crippen LogP contribution >= 0.6 is 0 Å². The van der Waals surface area contributed by atoms with Crippen molar-refractivity contribution in [3.05, 3.63) is 0 Å². The van der Waals surface area contributed by atoms with E-state index in [0.29, 0.717) is 0 Å². The van der Waals surface area contributed by atoms with E-state index in [1.165, 1.54) is 0 Å². The SMILES string of the molecule is CCC1OCCC1C(C)=O. The molecular weight excluding hydrogens is 128 g/mol. The van der Waals surface area contributed by atoms with Crippen molar-refractivity contribution in [1.82, 2.24) is 0 Å². The van der Waals surface area contributed by atoms with Gasteiger partial charge in [-0.25, -0.2) is 0 Å². The van der Waals surface area contributed by atoms with Crippen molar-refractivity contribution in [1.29, 1.82) is 0 Å². The Morgan fingerprint density at radius 2 is 2.40 bits per heavy atom. The minimum atomic E-state index is 0.185. The molecule has 1 aliphatic heterocycles. The molecule has 0 saturated carbocycles. The fraction of sp³-hybridized carbons (Fsp3) is 0.875. The van der Waals surface area contributed by atoms with Gasteiger partial charge in [0.1, 0.15) is 5.78 Å². The van der Waals surface area contributed by atoms with Crippen molar-refractivity contribution < 1.29 is 9.53 Å². The number of ketones is 1. The molecule has 2 atom stereocenters. The van der Waals surface area contributed by atoms with Crippen molar-refractivity contribution in [3.63, 3.8) is 0 Å². The molecule has 2 unspecified atom stereocenters. The van der Waals surface area contributed by atoms with Gasteiger partial charge in [0.15, 0.2) is 0 Å². The number of Topliss-reactive ketones (excluding diaryl/α,β-unsaturated/α-hetero) is 1. The molecule has 2 heteroatoms. The molecule has 1 fully saturated rings. The summed E-state index contributed by atoms with van der Waals surface area (Å²) in [7, 11) is 0. The van der Waals surface area contributed by atoms with E-state index >= 15 is 0 Å². The molecular formula is C8H14O2. The van der Waals surface area contributed by atoms with Gasteiger partial charge in [0.05, 0.1) is 6.10 Å². The van der Waals surface area contributed by atoms with E-state index in [9.17, 15) is 4.79 Å². The second kappa shape index (κ2) is 3.15. The van der Waals surface area contributed by atoms with Crippen molar-refractivity contribution in [3.8, 4) is 0 Å². The topological polar surface area (TPSA) is 26.3 Å². The van der Waals surface area contributed by atoms with Crippen LogP contribution in [0.4, 0.5) is 0 Å². The zero-order chi connectivity index (χ0) is 7.56. The minimum Gasteiger partial charge on any atom is -0.377 e. The summed E-state index contributed by atoms with van der Waals surface area (Å²) in [4.78, 5) is 10.9. The Balaban J connectivity index is 2.50. The number of hydrogen-bond donors (Lipinski definition) is 0. The molecule has 0 aliphatic carbocycles. The van der Waals surface area contributed by atoms with E-state index in [-0.39, 0.29) is 17.8 Å². The zero-order valence-corrected chi connectivity index (χ0v) is 6.59. The summed E-state index contributed by atoms with van der Waals surface area (Å²) in [6.45, 7) is 4.48. The van der Waals surface area contributed by atoms with Crippen molar-refractivity contribution in [2.45, 2.75) is 32.8 Å². The maximum absolute atomic E-state index is 10.9. The molecule has 2 nitrogen and oxygen atoms in total. The summed E-state index contributed by atoms with van der Waals surface area (Å²) in [5.41, 5.74) is 0. The van der Waals surface area contributed by atoms with Crippen LogP contribution in [0.2, 0.25) is 0 Å². The molecule has 0 aromatic heterocycles. The molecule has 1 heterocycles. The van der Waals surface area contributed by atoms with Crippen molar-refractivity contribution in [2.75, 3.05) is 6.61 Å². The fourth-order valence-electron chi connectivity index (χ4n) is 1.52. The monoisotopic (exact) mass is 142 g/mol. The van der Waals surface area contributed by atoms with Crippen LogP contribution in [0.15, 0.2) is 0 Å². The van der Waals surface area contributed by atoms with Gasteiger partial charge in [-0.1, -0.05) is 6.92 Å². The quantitative estimate of drug-likeness (QED) is 0.582. The van der Waals surface area contributed by atoms with Gasteiger partial charge in [-0.2, -0.15) is 0 Å². The van der Waals surface area contributed by atoms with E-state index in [0.717, 1.165) is 19.4 Å². The summed E-state index contributed by atoms with van der Waals surface area (Å²) in [6.07, 6.45) is 2.09.